The fraction of sp³-hybridized carbons (Fsp3) is 0.900. The van der Waals surface area contributed by atoms with Gasteiger partial charge in [0.15, 0.2) is 0 Å². The lowest BCUT2D eigenvalue weighted by molar-refractivity contribution is -0.175. The Morgan fingerprint density at radius 3 is 2.43 bits per heavy atom. The van der Waals surface area contributed by atoms with Gasteiger partial charge in [-0.15, -0.1) is 0 Å². The lowest BCUT2D eigenvalue weighted by Gasteiger charge is -2.55. The third-order valence-electron chi connectivity index (χ3n) is 11.8. The molecule has 0 heterocycles. The fourth-order valence-electron chi connectivity index (χ4n) is 9.40. The summed E-state index contributed by atoms with van der Waals surface area (Å²) in [6, 6.07) is 0. The zero-order valence-corrected chi connectivity index (χ0v) is 22.9. The van der Waals surface area contributed by atoms with E-state index in [9.17, 15) is 25.2 Å². The number of hydrogen-bond donors (Lipinski definition) is 4. The van der Waals surface area contributed by atoms with Gasteiger partial charge in [-0.2, -0.15) is 0 Å². The van der Waals surface area contributed by atoms with Crippen molar-refractivity contribution in [1.29, 1.82) is 0 Å². The van der Waals surface area contributed by atoms with Crippen LogP contribution in [-0.4, -0.2) is 44.2 Å². The van der Waals surface area contributed by atoms with Gasteiger partial charge in [0.1, 0.15) is 0 Å². The van der Waals surface area contributed by atoms with E-state index in [2.05, 4.69) is 33.8 Å². The number of aliphatic hydroxyl groups excluding tert-OH is 2. The molecule has 0 spiro atoms. The van der Waals surface area contributed by atoms with Gasteiger partial charge in [0.25, 0.3) is 0 Å². The van der Waals surface area contributed by atoms with Crippen LogP contribution in [-0.2, 0) is 4.79 Å². The van der Waals surface area contributed by atoms with Crippen LogP contribution < -0.4 is 0 Å². The summed E-state index contributed by atoms with van der Waals surface area (Å²) in [6.45, 7) is 12.2. The molecule has 35 heavy (non-hydrogen) atoms. The molecule has 4 aliphatic carbocycles. The Balaban J connectivity index is 1.60. The molecule has 5 nitrogen and oxygen atoms in total. The smallest absolute Gasteiger partial charge is 0.310 e. The molecule has 0 aromatic carbocycles. The quantitative estimate of drug-likeness (QED) is 0.365. The zero-order valence-electron chi connectivity index (χ0n) is 22.9. The molecule has 0 amide bonds. The molecular formula is C30H50O5. The van der Waals surface area contributed by atoms with E-state index < -0.39 is 23.1 Å². The van der Waals surface area contributed by atoms with E-state index in [0.29, 0.717) is 36.5 Å². The van der Waals surface area contributed by atoms with E-state index >= 15 is 0 Å². The van der Waals surface area contributed by atoms with Gasteiger partial charge in [0.05, 0.1) is 23.2 Å². The van der Waals surface area contributed by atoms with Crippen molar-refractivity contribution in [3.05, 3.63) is 11.6 Å². The predicted molar refractivity (Wildman–Crippen MR) is 138 cm³/mol. The summed E-state index contributed by atoms with van der Waals surface area (Å²) in [5, 5.41) is 42.2. The van der Waals surface area contributed by atoms with Crippen LogP contribution >= 0.6 is 0 Å². The second kappa shape index (κ2) is 9.13. The standard InChI is InChI=1S/C30H50O5/c1-18(7-11-25(32)28(4,5)35)21-14-16-30(26(33)34)23-10-9-22-19(8-12-24(31)27(22,2)3)17-20(23)13-15-29(21,30)6/h8,18,20-25,31-32,35H,7,9-17H2,1-6H3,(H,33,34)/t18-,20-,21-,22-,23-,24-,25+,29-,30+/m1/s1. The first kappa shape index (κ1) is 27.1. The minimum Gasteiger partial charge on any atom is -0.481 e. The third kappa shape index (κ3) is 4.22. The number of fused-ring (bicyclic) bond motifs is 4. The second-order valence-electron chi connectivity index (χ2n) is 14.2. The Bertz CT molecular complexity index is 840. The molecule has 9 atom stereocenters. The highest BCUT2D eigenvalue weighted by Gasteiger charge is 2.68. The summed E-state index contributed by atoms with van der Waals surface area (Å²) in [7, 11) is 0. The van der Waals surface area contributed by atoms with Gasteiger partial charge in [0.2, 0.25) is 0 Å². The van der Waals surface area contributed by atoms with Gasteiger partial charge in [-0.25, -0.2) is 0 Å². The molecule has 4 rings (SSSR count). The van der Waals surface area contributed by atoms with E-state index in [1.54, 1.807) is 13.8 Å². The molecular weight excluding hydrogens is 440 g/mol. The van der Waals surface area contributed by atoms with Crippen molar-refractivity contribution in [2.24, 2.45) is 45.8 Å². The van der Waals surface area contributed by atoms with Crippen LogP contribution in [0.4, 0.5) is 0 Å². The molecule has 5 heteroatoms. The summed E-state index contributed by atoms with van der Waals surface area (Å²) in [5.74, 6) is 0.953. The lowest BCUT2D eigenvalue weighted by atomic mass is 9.47. The highest BCUT2D eigenvalue weighted by Crippen LogP contribution is 2.71. The molecule has 3 saturated carbocycles. The van der Waals surface area contributed by atoms with E-state index in [4.69, 9.17) is 0 Å². The van der Waals surface area contributed by atoms with Gasteiger partial charge in [-0.1, -0.05) is 39.3 Å². The molecule has 0 aliphatic heterocycles. The molecule has 0 radical (unpaired) electrons. The first-order valence-electron chi connectivity index (χ1n) is 14.2. The Labute approximate surface area is 212 Å². The van der Waals surface area contributed by atoms with Crippen LogP contribution in [0.3, 0.4) is 0 Å². The second-order valence-corrected chi connectivity index (χ2v) is 14.2. The van der Waals surface area contributed by atoms with E-state index in [-0.39, 0.29) is 22.9 Å². The Hall–Kier alpha value is -0.910. The number of hydrogen-bond acceptors (Lipinski definition) is 4. The predicted octanol–water partition coefficient (Wildman–Crippen LogP) is 5.57. The van der Waals surface area contributed by atoms with E-state index in [1.165, 1.54) is 5.57 Å². The van der Waals surface area contributed by atoms with Crippen molar-refractivity contribution in [3.63, 3.8) is 0 Å². The summed E-state index contributed by atoms with van der Waals surface area (Å²) in [6.07, 6.45) is 9.85. The highest BCUT2D eigenvalue weighted by molar-refractivity contribution is 5.77. The Morgan fingerprint density at radius 1 is 1.11 bits per heavy atom. The number of carboxylic acid groups (broad SMARTS) is 1. The molecule has 0 aromatic rings. The average Bonchev–Trinajstić information content (AvgIpc) is 2.95. The van der Waals surface area contributed by atoms with Crippen molar-refractivity contribution >= 4 is 5.97 Å². The topological polar surface area (TPSA) is 98.0 Å². The maximum Gasteiger partial charge on any atom is 0.310 e. The molecule has 4 aliphatic rings. The van der Waals surface area contributed by atoms with Crippen LogP contribution in [0.5, 0.6) is 0 Å². The van der Waals surface area contributed by atoms with Crippen molar-refractivity contribution in [2.75, 3.05) is 0 Å². The van der Waals surface area contributed by atoms with Crippen LogP contribution in [0.25, 0.3) is 0 Å². The monoisotopic (exact) mass is 490 g/mol. The molecule has 0 bridgehead atoms. The molecule has 0 saturated heterocycles. The number of carbonyl (C=O) groups is 1. The fourth-order valence-corrected chi connectivity index (χ4v) is 9.40. The number of allylic oxidation sites excluding steroid dienone is 1. The molecule has 0 aromatic heterocycles. The molecule has 3 fully saturated rings. The van der Waals surface area contributed by atoms with Crippen molar-refractivity contribution in [1.82, 2.24) is 0 Å². The van der Waals surface area contributed by atoms with Gasteiger partial charge in [-0.05, 0) is 118 Å². The minimum absolute atomic E-state index is 0.161. The summed E-state index contributed by atoms with van der Waals surface area (Å²) < 4.78 is 0. The van der Waals surface area contributed by atoms with E-state index in [0.717, 1.165) is 51.4 Å². The van der Waals surface area contributed by atoms with E-state index in [1.807, 2.05) is 0 Å². The highest BCUT2D eigenvalue weighted by atomic mass is 16.4. The summed E-state index contributed by atoms with van der Waals surface area (Å²) in [4.78, 5) is 13.3. The minimum atomic E-state index is -1.12. The van der Waals surface area contributed by atoms with Crippen molar-refractivity contribution < 1.29 is 25.2 Å². The Kier molecular flexibility index (Phi) is 7.08. The van der Waals surface area contributed by atoms with Crippen molar-refractivity contribution in [3.8, 4) is 0 Å². The Morgan fingerprint density at radius 2 is 1.80 bits per heavy atom. The normalized spacial score (nSPS) is 42.7. The van der Waals surface area contributed by atoms with Gasteiger partial charge in [0, 0.05) is 0 Å². The number of rotatable bonds is 6. The van der Waals surface area contributed by atoms with Crippen LogP contribution in [0, 0.1) is 45.8 Å². The zero-order chi connectivity index (χ0) is 26.0. The van der Waals surface area contributed by atoms with Crippen LogP contribution in [0.15, 0.2) is 11.6 Å². The number of aliphatic hydroxyl groups is 3. The lowest BCUT2D eigenvalue weighted by Crippen LogP contribution is -2.55. The SMILES string of the molecule is C[C@H](CC[C@H](O)C(C)(C)O)[C@H]1CC[C@@]2(C(=O)O)[C@@H]3CC[C@@H]4C(=CC[C@@H](O)C4(C)C)C[C@H]3CC[C@]12C. The summed E-state index contributed by atoms with van der Waals surface area (Å²) in [5.41, 5.74) is -0.750. The first-order valence-corrected chi connectivity index (χ1v) is 14.2. The first-order chi connectivity index (χ1) is 16.2. The maximum atomic E-state index is 13.3. The van der Waals surface area contributed by atoms with Crippen LogP contribution in [0.2, 0.25) is 0 Å². The van der Waals surface area contributed by atoms with Gasteiger partial charge >= 0.3 is 5.97 Å². The largest absolute Gasteiger partial charge is 0.481 e. The maximum absolute atomic E-state index is 13.3. The van der Waals surface area contributed by atoms with Gasteiger partial charge < -0.3 is 20.4 Å². The molecule has 200 valence electrons. The van der Waals surface area contributed by atoms with Crippen molar-refractivity contribution in [2.45, 2.75) is 124 Å². The number of carboxylic acids is 1. The third-order valence-corrected chi connectivity index (χ3v) is 11.8. The average molecular weight is 491 g/mol. The van der Waals surface area contributed by atoms with Crippen LogP contribution in [0.1, 0.15) is 106 Å². The summed E-state index contributed by atoms with van der Waals surface area (Å²) >= 11 is 0. The van der Waals surface area contributed by atoms with Gasteiger partial charge in [-0.3, -0.25) is 4.79 Å². The number of aliphatic carboxylic acids is 1. The molecule has 4 N–H and O–H groups in total. The molecule has 0 unspecified atom stereocenters.